The standard InChI is InChI=1S/C43H52N16O8/c1-54(2)11-8-9-44-35(60)19-47-39(63)31-15-27(22-56(31)4)51-38(62)30-13-25(18-46-30)50-41(65)33-14-26(21-58(33)6)49-36(61)20-48-40(64)32-16-28(23-57(32)5)52-42(66)34-17-29(24-59(34)7)53-43(67)37-45-10-12-55(37)3/h10,12-18,21-24,46H,8-9,11,19-20H2,1-7H3,(H,44,60)(H,47,63)(H,48,64)(H,49,61)(H,50,65)(H,51,62)(H,52,66)(H,53,67). The van der Waals surface area contributed by atoms with Crippen LogP contribution < -0.4 is 42.5 Å². The molecule has 0 saturated carbocycles. The largest absolute Gasteiger partial charge is 0.355 e. The lowest BCUT2D eigenvalue weighted by Crippen LogP contribution is -2.38. The molecular formula is C43H52N16O8. The highest BCUT2D eigenvalue weighted by molar-refractivity contribution is 6.09. The van der Waals surface area contributed by atoms with Crippen molar-refractivity contribution in [2.75, 3.05) is 66.9 Å². The van der Waals surface area contributed by atoms with Crippen molar-refractivity contribution in [1.29, 1.82) is 0 Å². The number of anilines is 5. The van der Waals surface area contributed by atoms with Gasteiger partial charge < -0.3 is 75.3 Å². The number of nitrogens with one attached hydrogen (secondary N) is 9. The number of nitrogens with zero attached hydrogens (tertiary/aromatic N) is 7. The van der Waals surface area contributed by atoms with E-state index in [1.165, 1.54) is 73.4 Å². The number of aromatic nitrogens is 7. The van der Waals surface area contributed by atoms with Gasteiger partial charge in [0.25, 0.3) is 35.4 Å². The van der Waals surface area contributed by atoms with E-state index in [4.69, 9.17) is 0 Å². The van der Waals surface area contributed by atoms with Gasteiger partial charge >= 0.3 is 0 Å². The summed E-state index contributed by atoms with van der Waals surface area (Å²) in [5.41, 5.74) is 2.46. The molecule has 0 aliphatic heterocycles. The Morgan fingerprint density at radius 1 is 0.522 bits per heavy atom. The Kier molecular flexibility index (Phi) is 14.9. The molecule has 0 spiro atoms. The van der Waals surface area contributed by atoms with Gasteiger partial charge in [0, 0.05) is 85.2 Å². The quantitative estimate of drug-likeness (QED) is 0.0525. The third kappa shape index (κ3) is 12.3. The number of amides is 8. The Labute approximate surface area is 383 Å². The van der Waals surface area contributed by atoms with Crippen LogP contribution in [0.25, 0.3) is 0 Å². The van der Waals surface area contributed by atoms with Gasteiger partial charge in [0.2, 0.25) is 11.8 Å². The molecular weight excluding hydrogens is 869 g/mol. The molecule has 8 amide bonds. The van der Waals surface area contributed by atoms with Gasteiger partial charge in [0.1, 0.15) is 28.5 Å². The Bertz CT molecular complexity index is 2850. The zero-order valence-electron chi connectivity index (χ0n) is 37.9. The average Bonchev–Trinajstić information content (AvgIpc) is 4.14. The van der Waals surface area contributed by atoms with E-state index >= 15 is 0 Å². The summed E-state index contributed by atoms with van der Waals surface area (Å²) in [6.07, 6.45) is 11.5. The van der Waals surface area contributed by atoms with Crippen molar-refractivity contribution in [1.82, 2.24) is 53.7 Å². The first kappa shape index (κ1) is 47.8. The van der Waals surface area contributed by atoms with E-state index < -0.39 is 47.9 Å². The summed E-state index contributed by atoms with van der Waals surface area (Å²) in [7, 11) is 12.0. The SMILES string of the molecule is CN(C)CCCNC(=O)CNC(=O)c1cc(NC(=O)c2cc(NC(=O)c3cc(NC(=O)CNC(=O)c4cc(NC(=O)c5cc(NC(=O)c6nccn6C)cn5C)cn4C)cn3C)c[nH]2)cn1C. The predicted molar refractivity (Wildman–Crippen MR) is 247 cm³/mol. The monoisotopic (exact) mass is 920 g/mol. The summed E-state index contributed by atoms with van der Waals surface area (Å²) in [6.45, 7) is 0.683. The molecule has 0 aromatic carbocycles. The Morgan fingerprint density at radius 2 is 0.970 bits per heavy atom. The lowest BCUT2D eigenvalue weighted by atomic mass is 10.3. The van der Waals surface area contributed by atoms with Crippen molar-refractivity contribution in [3.63, 3.8) is 0 Å². The molecule has 24 nitrogen and oxygen atoms in total. The maximum atomic E-state index is 13.2. The topological polar surface area (TPSA) is 289 Å². The van der Waals surface area contributed by atoms with Crippen molar-refractivity contribution in [3.8, 4) is 0 Å². The van der Waals surface area contributed by atoms with Crippen LogP contribution in [-0.2, 0) is 44.8 Å². The molecule has 0 atom stereocenters. The normalized spacial score (nSPS) is 10.9. The molecule has 0 aliphatic rings. The lowest BCUT2D eigenvalue weighted by molar-refractivity contribution is -0.120. The van der Waals surface area contributed by atoms with Gasteiger partial charge in [-0.2, -0.15) is 0 Å². The van der Waals surface area contributed by atoms with E-state index in [9.17, 15) is 38.4 Å². The molecule has 6 heterocycles. The van der Waals surface area contributed by atoms with Crippen LogP contribution in [0.1, 0.15) is 69.5 Å². The Morgan fingerprint density at radius 3 is 1.46 bits per heavy atom. The summed E-state index contributed by atoms with van der Waals surface area (Å²) >= 11 is 0. The lowest BCUT2D eigenvalue weighted by Gasteiger charge is -2.10. The molecule has 24 heteroatoms. The van der Waals surface area contributed by atoms with Crippen molar-refractivity contribution in [2.24, 2.45) is 35.2 Å². The third-order valence-electron chi connectivity index (χ3n) is 10.1. The van der Waals surface area contributed by atoms with Crippen LogP contribution in [0.15, 0.2) is 73.7 Å². The van der Waals surface area contributed by atoms with E-state index in [0.29, 0.717) is 23.6 Å². The van der Waals surface area contributed by atoms with Gasteiger partial charge in [-0.05, 0) is 57.4 Å². The number of carbonyl (C=O) groups is 8. The van der Waals surface area contributed by atoms with Crippen LogP contribution >= 0.6 is 0 Å². The second kappa shape index (κ2) is 20.9. The number of aromatic amines is 1. The molecule has 67 heavy (non-hydrogen) atoms. The molecule has 9 N–H and O–H groups in total. The second-order valence-corrected chi connectivity index (χ2v) is 15.8. The van der Waals surface area contributed by atoms with Gasteiger partial charge in [-0.25, -0.2) is 4.98 Å². The third-order valence-corrected chi connectivity index (χ3v) is 10.1. The number of hydrogen-bond acceptors (Lipinski definition) is 10. The molecule has 0 saturated heterocycles. The first-order valence-electron chi connectivity index (χ1n) is 20.7. The van der Waals surface area contributed by atoms with E-state index in [1.54, 1.807) is 58.4 Å². The van der Waals surface area contributed by atoms with Gasteiger partial charge in [-0.3, -0.25) is 38.4 Å². The number of hydrogen-bond donors (Lipinski definition) is 9. The molecule has 352 valence electrons. The summed E-state index contributed by atoms with van der Waals surface area (Å²) in [6, 6.07) is 7.28. The van der Waals surface area contributed by atoms with Crippen LogP contribution in [0.3, 0.4) is 0 Å². The van der Waals surface area contributed by atoms with Gasteiger partial charge in [0.05, 0.1) is 41.5 Å². The highest BCUT2D eigenvalue weighted by Crippen LogP contribution is 2.20. The fourth-order valence-corrected chi connectivity index (χ4v) is 6.79. The number of aryl methyl sites for hydroxylation is 5. The fraction of sp³-hybridized carbons (Fsp3) is 0.279. The van der Waals surface area contributed by atoms with Gasteiger partial charge in [0.15, 0.2) is 5.82 Å². The minimum atomic E-state index is -0.593. The number of rotatable bonds is 19. The predicted octanol–water partition coefficient (Wildman–Crippen LogP) is 1.28. The smallest absolute Gasteiger partial charge is 0.291 e. The molecule has 0 unspecified atom stereocenters. The van der Waals surface area contributed by atoms with E-state index in [2.05, 4.69) is 52.5 Å². The summed E-state index contributed by atoms with van der Waals surface area (Å²) in [5.74, 6) is -3.82. The zero-order valence-corrected chi connectivity index (χ0v) is 37.9. The minimum Gasteiger partial charge on any atom is -0.355 e. The highest BCUT2D eigenvalue weighted by Gasteiger charge is 2.21. The van der Waals surface area contributed by atoms with Crippen molar-refractivity contribution in [3.05, 3.63) is 108 Å². The molecule has 6 aromatic heterocycles. The van der Waals surface area contributed by atoms with Crippen molar-refractivity contribution < 1.29 is 38.4 Å². The van der Waals surface area contributed by atoms with Crippen LogP contribution in [0.2, 0.25) is 0 Å². The molecule has 0 bridgehead atoms. The highest BCUT2D eigenvalue weighted by atomic mass is 16.2. The maximum Gasteiger partial charge on any atom is 0.291 e. The number of carbonyl (C=O) groups excluding carboxylic acids is 8. The summed E-state index contributed by atoms with van der Waals surface area (Å²) in [4.78, 5) is 112. The second-order valence-electron chi connectivity index (χ2n) is 15.8. The zero-order chi connectivity index (χ0) is 48.5. The first-order valence-corrected chi connectivity index (χ1v) is 20.7. The first-order chi connectivity index (χ1) is 31.8. The van der Waals surface area contributed by atoms with Crippen LogP contribution in [0.4, 0.5) is 28.4 Å². The molecule has 6 aromatic rings. The van der Waals surface area contributed by atoms with Crippen molar-refractivity contribution in [2.45, 2.75) is 6.42 Å². The average molecular weight is 921 g/mol. The molecule has 0 radical (unpaired) electrons. The molecule has 0 fully saturated rings. The van der Waals surface area contributed by atoms with E-state index in [0.717, 1.165) is 13.0 Å². The fourth-order valence-electron chi connectivity index (χ4n) is 6.79. The maximum absolute atomic E-state index is 13.2. The molecule has 6 rings (SSSR count). The van der Waals surface area contributed by atoms with Crippen molar-refractivity contribution >= 4 is 75.7 Å². The summed E-state index contributed by atoms with van der Waals surface area (Å²) in [5, 5.41) is 21.4. The van der Waals surface area contributed by atoms with E-state index in [-0.39, 0.29) is 58.1 Å². The van der Waals surface area contributed by atoms with Gasteiger partial charge in [-0.1, -0.05) is 0 Å². The van der Waals surface area contributed by atoms with Crippen LogP contribution in [0, 0.1) is 0 Å². The molecule has 0 aliphatic carbocycles. The van der Waals surface area contributed by atoms with Crippen LogP contribution in [0.5, 0.6) is 0 Å². The minimum absolute atomic E-state index is 0.112. The summed E-state index contributed by atoms with van der Waals surface area (Å²) < 4.78 is 7.58. The number of imidazole rings is 1. The van der Waals surface area contributed by atoms with Crippen LogP contribution in [-0.4, -0.2) is 125 Å². The van der Waals surface area contributed by atoms with Gasteiger partial charge in [-0.15, -0.1) is 0 Å². The van der Waals surface area contributed by atoms with E-state index in [1.807, 2.05) is 19.0 Å². The number of H-pyrrole nitrogens is 1. The Balaban J connectivity index is 0.946. The Hall–Kier alpha value is -8.67.